The van der Waals surface area contributed by atoms with E-state index in [1.54, 1.807) is 12.1 Å². The van der Waals surface area contributed by atoms with Crippen LogP contribution in [0.1, 0.15) is 66.7 Å². The summed E-state index contributed by atoms with van der Waals surface area (Å²) in [6.07, 6.45) is 4.93. The molecule has 0 amide bonds. The zero-order valence-corrected chi connectivity index (χ0v) is 25.3. The number of carbonyl (C=O) groups is 1. The van der Waals surface area contributed by atoms with Gasteiger partial charge < -0.3 is 9.47 Å². The van der Waals surface area contributed by atoms with Gasteiger partial charge in [-0.15, -0.1) is 0 Å². The third-order valence-corrected chi connectivity index (χ3v) is 11.3. The van der Waals surface area contributed by atoms with E-state index in [2.05, 4.69) is 43.3 Å². The first kappa shape index (κ1) is 29.1. The van der Waals surface area contributed by atoms with Gasteiger partial charge in [0.15, 0.2) is 0 Å². The van der Waals surface area contributed by atoms with E-state index >= 15 is 0 Å². The highest BCUT2D eigenvalue weighted by atomic mass is 32.2. The Bertz CT molecular complexity index is 1510. The molecule has 6 rings (SSSR count). The second kappa shape index (κ2) is 11.9. The van der Waals surface area contributed by atoms with Crippen molar-refractivity contribution in [3.05, 3.63) is 95.1 Å². The Morgan fingerprint density at radius 3 is 2.38 bits per heavy atom. The molecule has 3 aromatic rings. The molecule has 0 saturated heterocycles. The van der Waals surface area contributed by atoms with E-state index in [4.69, 9.17) is 13.7 Å². The highest BCUT2D eigenvalue weighted by Crippen LogP contribution is 2.63. The lowest BCUT2D eigenvalue weighted by Gasteiger charge is -2.52. The number of ketones is 1. The van der Waals surface area contributed by atoms with Crippen molar-refractivity contribution in [1.82, 2.24) is 0 Å². The lowest BCUT2D eigenvalue weighted by atomic mass is 9.51. The summed E-state index contributed by atoms with van der Waals surface area (Å²) >= 11 is 0. The highest BCUT2D eigenvalue weighted by Gasteiger charge is 2.57. The van der Waals surface area contributed by atoms with E-state index in [-0.39, 0.29) is 23.5 Å². The monoisotopic (exact) mass is 588 g/mol. The molecule has 2 fully saturated rings. The standard InChI is InChI=1S/C35H40O6S/c1-24-7-14-28(15-8-24)42(37,38)41-22-20-39-19-21-40-27-12-9-26(10-13-27)31-23-35(2)32(17-18-33(35)36)30-16-11-25-5-3-4-6-29(25)34(30)31/h3-10,12-15,30-32,34H,11,16-23H2,1-2H3/t30-,31+,32-,34+,35-/m0/s1. The minimum Gasteiger partial charge on any atom is -0.491 e. The third-order valence-electron chi connectivity index (χ3n) is 9.93. The van der Waals surface area contributed by atoms with Crippen LogP contribution in [0.3, 0.4) is 0 Å². The summed E-state index contributed by atoms with van der Waals surface area (Å²) in [4.78, 5) is 13.3. The van der Waals surface area contributed by atoms with Crippen LogP contribution in [-0.4, -0.2) is 40.6 Å². The molecule has 7 heteroatoms. The number of ether oxygens (including phenoxy) is 2. The van der Waals surface area contributed by atoms with Gasteiger partial charge in [-0.25, -0.2) is 0 Å². The molecule has 3 aliphatic rings. The number of hydrogen-bond donors (Lipinski definition) is 0. The molecule has 0 unspecified atom stereocenters. The molecule has 0 N–H and O–H groups in total. The van der Waals surface area contributed by atoms with E-state index in [1.165, 1.54) is 28.8 Å². The fourth-order valence-corrected chi connectivity index (χ4v) is 8.74. The van der Waals surface area contributed by atoms with Gasteiger partial charge in [-0.05, 0) is 97.2 Å². The summed E-state index contributed by atoms with van der Waals surface area (Å²) in [5, 5.41) is 0. The van der Waals surface area contributed by atoms with Gasteiger partial charge >= 0.3 is 0 Å². The topological polar surface area (TPSA) is 78.9 Å². The molecule has 3 aromatic carbocycles. The van der Waals surface area contributed by atoms with Crippen LogP contribution in [0.4, 0.5) is 0 Å². The zero-order valence-electron chi connectivity index (χ0n) is 24.5. The third kappa shape index (κ3) is 5.67. The SMILES string of the molecule is Cc1ccc(S(=O)(=O)OCCOCCOc2ccc([C@H]3C[C@]4(C)C(=O)CC[C@H]4[C@@H]4CCc5ccccc5[C@H]43)cc2)cc1. The molecule has 0 radical (unpaired) electrons. The molecule has 5 atom stereocenters. The van der Waals surface area contributed by atoms with E-state index in [9.17, 15) is 13.2 Å². The molecule has 3 aliphatic carbocycles. The summed E-state index contributed by atoms with van der Waals surface area (Å²) in [5.41, 5.74) is 4.98. The summed E-state index contributed by atoms with van der Waals surface area (Å²) in [5.74, 6) is 2.98. The molecule has 0 aromatic heterocycles. The van der Waals surface area contributed by atoms with Crippen LogP contribution in [0.2, 0.25) is 0 Å². The number of carbonyl (C=O) groups excluding carboxylic acids is 1. The second-order valence-electron chi connectivity index (χ2n) is 12.3. The molecule has 222 valence electrons. The predicted molar refractivity (Wildman–Crippen MR) is 161 cm³/mol. The van der Waals surface area contributed by atoms with Gasteiger partial charge in [0, 0.05) is 11.8 Å². The predicted octanol–water partition coefficient (Wildman–Crippen LogP) is 6.61. The first-order valence-corrected chi connectivity index (χ1v) is 16.5. The molecule has 42 heavy (non-hydrogen) atoms. The lowest BCUT2D eigenvalue weighted by Crippen LogP contribution is -2.45. The van der Waals surface area contributed by atoms with Gasteiger partial charge in [0.1, 0.15) is 18.1 Å². The van der Waals surface area contributed by atoms with E-state index in [0.29, 0.717) is 42.7 Å². The number of hydrogen-bond acceptors (Lipinski definition) is 6. The largest absolute Gasteiger partial charge is 0.491 e. The number of fused-ring (bicyclic) bond motifs is 5. The van der Waals surface area contributed by atoms with Crippen LogP contribution in [0.25, 0.3) is 0 Å². The van der Waals surface area contributed by atoms with Gasteiger partial charge in [-0.1, -0.05) is 61.0 Å². The Kier molecular flexibility index (Phi) is 8.27. The first-order chi connectivity index (χ1) is 20.3. The van der Waals surface area contributed by atoms with Crippen molar-refractivity contribution in [2.75, 3.05) is 26.4 Å². The van der Waals surface area contributed by atoms with Crippen molar-refractivity contribution in [3.63, 3.8) is 0 Å². The van der Waals surface area contributed by atoms with Gasteiger partial charge in [0.05, 0.1) is 24.7 Å². The summed E-state index contributed by atoms with van der Waals surface area (Å²) in [6, 6.07) is 23.8. The molecule has 0 aliphatic heterocycles. The van der Waals surface area contributed by atoms with Crippen LogP contribution < -0.4 is 4.74 Å². The lowest BCUT2D eigenvalue weighted by molar-refractivity contribution is -0.130. The normalized spacial score (nSPS) is 26.8. The van der Waals surface area contributed by atoms with Crippen LogP contribution in [0, 0.1) is 24.2 Å². The minimum absolute atomic E-state index is 0.0557. The Morgan fingerprint density at radius 2 is 1.60 bits per heavy atom. The van der Waals surface area contributed by atoms with E-state index < -0.39 is 10.1 Å². The number of aryl methyl sites for hydroxylation is 2. The molecule has 0 heterocycles. The molecule has 0 bridgehead atoms. The maximum Gasteiger partial charge on any atom is 0.297 e. The average Bonchev–Trinajstić information content (AvgIpc) is 3.30. The summed E-state index contributed by atoms with van der Waals surface area (Å²) in [6.45, 7) is 4.89. The fraction of sp³-hybridized carbons (Fsp3) is 0.457. The summed E-state index contributed by atoms with van der Waals surface area (Å²) < 4.78 is 41.0. The van der Waals surface area contributed by atoms with Crippen molar-refractivity contribution >= 4 is 15.9 Å². The molecular weight excluding hydrogens is 548 g/mol. The first-order valence-electron chi connectivity index (χ1n) is 15.1. The molecular formula is C35H40O6S. The number of benzene rings is 3. The highest BCUT2D eigenvalue weighted by molar-refractivity contribution is 7.86. The van der Waals surface area contributed by atoms with Crippen molar-refractivity contribution in [2.45, 2.75) is 62.7 Å². The van der Waals surface area contributed by atoms with Crippen molar-refractivity contribution in [1.29, 1.82) is 0 Å². The smallest absolute Gasteiger partial charge is 0.297 e. The number of rotatable bonds is 10. The van der Waals surface area contributed by atoms with Crippen molar-refractivity contribution in [3.8, 4) is 5.75 Å². The van der Waals surface area contributed by atoms with Crippen molar-refractivity contribution < 1.29 is 26.9 Å². The maximum absolute atomic E-state index is 13.1. The Balaban J connectivity index is 1.04. The van der Waals surface area contributed by atoms with Crippen LogP contribution in [0.15, 0.2) is 77.7 Å². The molecule has 6 nitrogen and oxygen atoms in total. The summed E-state index contributed by atoms with van der Waals surface area (Å²) in [7, 11) is -3.79. The number of Topliss-reactive ketones (excluding diaryl/α,β-unsaturated/α-hetero) is 1. The Morgan fingerprint density at radius 1 is 0.857 bits per heavy atom. The second-order valence-corrected chi connectivity index (χ2v) is 14.0. The molecule has 0 spiro atoms. The van der Waals surface area contributed by atoms with Gasteiger partial charge in [0.25, 0.3) is 10.1 Å². The Labute approximate surface area is 249 Å². The zero-order chi connectivity index (χ0) is 29.3. The average molecular weight is 589 g/mol. The van der Waals surface area contributed by atoms with Crippen LogP contribution in [0.5, 0.6) is 5.75 Å². The van der Waals surface area contributed by atoms with E-state index in [0.717, 1.165) is 43.4 Å². The van der Waals surface area contributed by atoms with E-state index in [1.807, 2.05) is 19.1 Å². The maximum atomic E-state index is 13.1. The minimum atomic E-state index is -3.79. The van der Waals surface area contributed by atoms with Gasteiger partial charge in [0.2, 0.25) is 0 Å². The van der Waals surface area contributed by atoms with Crippen LogP contribution in [-0.2, 0) is 30.3 Å². The quantitative estimate of drug-likeness (QED) is 0.196. The van der Waals surface area contributed by atoms with Crippen LogP contribution >= 0.6 is 0 Å². The Hall–Kier alpha value is -3.00. The fourth-order valence-electron chi connectivity index (χ4n) is 7.85. The van der Waals surface area contributed by atoms with Gasteiger partial charge in [-0.3, -0.25) is 8.98 Å². The van der Waals surface area contributed by atoms with Gasteiger partial charge in [-0.2, -0.15) is 8.42 Å². The van der Waals surface area contributed by atoms with Crippen molar-refractivity contribution in [2.24, 2.45) is 17.3 Å². The molecule has 2 saturated carbocycles.